The normalized spacial score (nSPS) is 12.4. The number of rotatable bonds is 4. The molecule has 1 aliphatic rings. The van der Waals surface area contributed by atoms with Crippen molar-refractivity contribution in [1.82, 2.24) is 5.43 Å². The molecule has 24 heavy (non-hydrogen) atoms. The standard InChI is InChI=1S/C16H13N3O5/c1-10-2-3-11(6-13(10)19(21)22)8-17-18-16(20)12-4-5-14-15(7-12)24-9-23-14/h2-8H,9H2,1H3,(H,18,20)/b17-8-. The fraction of sp³-hybridized carbons (Fsp3) is 0.125. The van der Waals surface area contributed by atoms with Crippen LogP contribution in [0.25, 0.3) is 0 Å². The molecule has 122 valence electrons. The number of hydrogen-bond acceptors (Lipinski definition) is 6. The van der Waals surface area contributed by atoms with Crippen molar-refractivity contribution < 1.29 is 19.2 Å². The third-order valence-corrected chi connectivity index (χ3v) is 3.44. The molecule has 3 rings (SSSR count). The van der Waals surface area contributed by atoms with Gasteiger partial charge in [0.25, 0.3) is 11.6 Å². The second kappa shape index (κ2) is 6.37. The second-order valence-corrected chi connectivity index (χ2v) is 5.07. The highest BCUT2D eigenvalue weighted by molar-refractivity contribution is 5.95. The molecular weight excluding hydrogens is 314 g/mol. The number of nitrogens with one attached hydrogen (secondary N) is 1. The molecule has 8 nitrogen and oxygen atoms in total. The number of amides is 1. The number of fused-ring (bicyclic) bond motifs is 1. The van der Waals surface area contributed by atoms with E-state index in [1.54, 1.807) is 37.3 Å². The number of nitrogens with zero attached hydrogens (tertiary/aromatic N) is 2. The molecule has 2 aromatic rings. The summed E-state index contributed by atoms with van der Waals surface area (Å²) in [5.74, 6) is 0.661. The van der Waals surface area contributed by atoms with Crippen molar-refractivity contribution in [1.29, 1.82) is 0 Å². The minimum Gasteiger partial charge on any atom is -0.454 e. The van der Waals surface area contributed by atoms with Gasteiger partial charge in [-0.25, -0.2) is 5.43 Å². The van der Waals surface area contributed by atoms with Crippen LogP contribution in [0, 0.1) is 17.0 Å². The van der Waals surface area contributed by atoms with E-state index >= 15 is 0 Å². The SMILES string of the molecule is Cc1ccc(/C=N\NC(=O)c2ccc3c(c2)OCO3)cc1[N+](=O)[O-]. The number of carbonyl (C=O) groups is 1. The van der Waals surface area contributed by atoms with Gasteiger partial charge < -0.3 is 9.47 Å². The Kier molecular flexibility index (Phi) is 4.11. The molecule has 2 aromatic carbocycles. The first-order chi connectivity index (χ1) is 11.5. The molecule has 1 amide bonds. The van der Waals surface area contributed by atoms with Gasteiger partial charge in [-0.2, -0.15) is 5.10 Å². The van der Waals surface area contributed by atoms with Crippen LogP contribution in [0.4, 0.5) is 5.69 Å². The average Bonchev–Trinajstić information content (AvgIpc) is 3.03. The molecule has 0 bridgehead atoms. The highest BCUT2D eigenvalue weighted by atomic mass is 16.7. The van der Waals surface area contributed by atoms with Gasteiger partial charge in [0.2, 0.25) is 6.79 Å². The summed E-state index contributed by atoms with van der Waals surface area (Å²) in [6, 6.07) is 9.49. The maximum atomic E-state index is 12.0. The monoisotopic (exact) mass is 327 g/mol. The van der Waals surface area contributed by atoms with Gasteiger partial charge in [0, 0.05) is 22.8 Å². The van der Waals surface area contributed by atoms with Gasteiger partial charge >= 0.3 is 0 Å². The third kappa shape index (κ3) is 3.17. The predicted molar refractivity (Wildman–Crippen MR) is 85.5 cm³/mol. The Hall–Kier alpha value is -3.42. The molecule has 0 radical (unpaired) electrons. The number of nitro groups is 1. The van der Waals surface area contributed by atoms with Crippen LogP contribution >= 0.6 is 0 Å². The summed E-state index contributed by atoms with van der Waals surface area (Å²) in [4.78, 5) is 22.5. The van der Waals surface area contributed by atoms with E-state index < -0.39 is 10.8 Å². The fourth-order valence-electron chi connectivity index (χ4n) is 2.17. The summed E-state index contributed by atoms with van der Waals surface area (Å²) in [5.41, 5.74) is 3.80. The summed E-state index contributed by atoms with van der Waals surface area (Å²) < 4.78 is 10.4. The first kappa shape index (κ1) is 15.5. The molecule has 8 heteroatoms. The van der Waals surface area contributed by atoms with Crippen molar-refractivity contribution in [2.75, 3.05) is 6.79 Å². The van der Waals surface area contributed by atoms with Gasteiger partial charge in [0.15, 0.2) is 11.5 Å². The number of ether oxygens (including phenoxy) is 2. The van der Waals surface area contributed by atoms with E-state index in [1.165, 1.54) is 12.3 Å². The maximum absolute atomic E-state index is 12.0. The molecule has 1 N–H and O–H groups in total. The Morgan fingerprint density at radius 1 is 1.25 bits per heavy atom. The molecule has 1 heterocycles. The Bertz CT molecular complexity index is 848. The lowest BCUT2D eigenvalue weighted by Crippen LogP contribution is -2.17. The zero-order valence-corrected chi connectivity index (χ0v) is 12.7. The van der Waals surface area contributed by atoms with Crippen molar-refractivity contribution in [3.63, 3.8) is 0 Å². The summed E-state index contributed by atoms with van der Waals surface area (Å²) in [7, 11) is 0. The van der Waals surface area contributed by atoms with Crippen LogP contribution in [0.1, 0.15) is 21.5 Å². The van der Waals surface area contributed by atoms with Crippen molar-refractivity contribution in [3.8, 4) is 11.5 Å². The minimum absolute atomic E-state index is 0.000970. The van der Waals surface area contributed by atoms with Crippen LogP contribution in [-0.4, -0.2) is 23.8 Å². The van der Waals surface area contributed by atoms with Crippen molar-refractivity contribution in [2.45, 2.75) is 6.92 Å². The van der Waals surface area contributed by atoms with E-state index in [2.05, 4.69) is 10.5 Å². The van der Waals surface area contributed by atoms with Gasteiger partial charge in [-0.05, 0) is 25.1 Å². The Morgan fingerprint density at radius 3 is 2.83 bits per heavy atom. The topological polar surface area (TPSA) is 103 Å². The lowest BCUT2D eigenvalue weighted by Gasteiger charge is -2.02. The van der Waals surface area contributed by atoms with Crippen molar-refractivity contribution in [2.24, 2.45) is 5.10 Å². The van der Waals surface area contributed by atoms with E-state index in [0.29, 0.717) is 28.2 Å². The predicted octanol–water partition coefficient (Wildman–Crippen LogP) is 2.40. The van der Waals surface area contributed by atoms with E-state index in [0.717, 1.165) is 0 Å². The molecule has 0 aromatic heterocycles. The highest BCUT2D eigenvalue weighted by Crippen LogP contribution is 2.32. The smallest absolute Gasteiger partial charge is 0.272 e. The van der Waals surface area contributed by atoms with Crippen LogP contribution in [0.15, 0.2) is 41.5 Å². The van der Waals surface area contributed by atoms with Crippen LogP contribution in [0.3, 0.4) is 0 Å². The molecule has 0 saturated carbocycles. The molecule has 0 unspecified atom stereocenters. The zero-order chi connectivity index (χ0) is 17.1. The van der Waals surface area contributed by atoms with E-state index in [4.69, 9.17) is 9.47 Å². The Labute approximate surface area is 136 Å². The van der Waals surface area contributed by atoms with E-state index in [-0.39, 0.29) is 12.5 Å². The molecule has 0 fully saturated rings. The number of hydrazone groups is 1. The van der Waals surface area contributed by atoms with Gasteiger partial charge in [-0.1, -0.05) is 12.1 Å². The van der Waals surface area contributed by atoms with Crippen LogP contribution < -0.4 is 14.9 Å². The van der Waals surface area contributed by atoms with Crippen molar-refractivity contribution in [3.05, 3.63) is 63.2 Å². The Balaban J connectivity index is 1.69. The highest BCUT2D eigenvalue weighted by Gasteiger charge is 2.16. The lowest BCUT2D eigenvalue weighted by atomic mass is 10.1. The molecule has 1 aliphatic heterocycles. The van der Waals surface area contributed by atoms with Crippen LogP contribution in [0.2, 0.25) is 0 Å². The number of nitro benzene ring substituents is 1. The third-order valence-electron chi connectivity index (χ3n) is 3.44. The number of aryl methyl sites for hydroxylation is 1. The first-order valence-corrected chi connectivity index (χ1v) is 7.03. The Morgan fingerprint density at radius 2 is 2.04 bits per heavy atom. The van der Waals surface area contributed by atoms with Gasteiger partial charge in [-0.3, -0.25) is 14.9 Å². The lowest BCUT2D eigenvalue weighted by molar-refractivity contribution is -0.385. The molecule has 0 saturated heterocycles. The number of carbonyl (C=O) groups excluding carboxylic acids is 1. The minimum atomic E-state index is -0.460. The summed E-state index contributed by atoms with van der Waals surface area (Å²) in [5, 5.41) is 14.7. The molecule has 0 atom stereocenters. The van der Waals surface area contributed by atoms with Gasteiger partial charge in [0.1, 0.15) is 0 Å². The van der Waals surface area contributed by atoms with Gasteiger partial charge in [-0.15, -0.1) is 0 Å². The van der Waals surface area contributed by atoms with E-state index in [9.17, 15) is 14.9 Å². The summed E-state index contributed by atoms with van der Waals surface area (Å²) in [6.07, 6.45) is 1.34. The van der Waals surface area contributed by atoms with Crippen molar-refractivity contribution >= 4 is 17.8 Å². The molecular formula is C16H13N3O5. The fourth-order valence-corrected chi connectivity index (χ4v) is 2.17. The molecule has 0 aliphatic carbocycles. The van der Waals surface area contributed by atoms with Gasteiger partial charge in [0.05, 0.1) is 11.1 Å². The second-order valence-electron chi connectivity index (χ2n) is 5.07. The number of hydrogen-bond donors (Lipinski definition) is 1. The summed E-state index contributed by atoms with van der Waals surface area (Å²) in [6.45, 7) is 1.78. The van der Waals surface area contributed by atoms with Crippen LogP contribution in [0.5, 0.6) is 11.5 Å². The number of benzene rings is 2. The zero-order valence-electron chi connectivity index (χ0n) is 12.7. The average molecular weight is 327 g/mol. The quantitative estimate of drug-likeness (QED) is 0.527. The molecule has 0 spiro atoms. The van der Waals surface area contributed by atoms with E-state index in [1.807, 2.05) is 0 Å². The van der Waals surface area contributed by atoms with Crippen LogP contribution in [-0.2, 0) is 0 Å². The first-order valence-electron chi connectivity index (χ1n) is 7.03. The summed E-state index contributed by atoms with van der Waals surface area (Å²) >= 11 is 0. The largest absolute Gasteiger partial charge is 0.454 e. The maximum Gasteiger partial charge on any atom is 0.272 e.